The van der Waals surface area contributed by atoms with Gasteiger partial charge in [-0.05, 0) is 43.5 Å². The predicted octanol–water partition coefficient (Wildman–Crippen LogP) is 3.87. The van der Waals surface area contributed by atoms with E-state index in [9.17, 15) is 13.2 Å². The smallest absolute Gasteiger partial charge is 0.243 e. The summed E-state index contributed by atoms with van der Waals surface area (Å²) < 4.78 is 26.9. The highest BCUT2D eigenvalue weighted by molar-refractivity contribution is 7.89. The fraction of sp³-hybridized carbons (Fsp3) is 0.611. The Morgan fingerprint density at radius 3 is 2.04 bits per heavy atom. The van der Waals surface area contributed by atoms with Crippen molar-refractivity contribution in [1.82, 2.24) is 4.31 Å². The van der Waals surface area contributed by atoms with Gasteiger partial charge in [0.2, 0.25) is 15.9 Å². The number of hydrogen-bond acceptors (Lipinski definition) is 3. The standard InChI is InChI=1S/C18H30N2O3S/c1-5-8-15(4)18(21)19-16-9-11-17(12-10-16)24(22,23)20(13-6-2)14-7-3/h9-12,15H,5-8,13-14H2,1-4H3,(H,19,21). The first kappa shape index (κ1) is 20.6. The third kappa shape index (κ3) is 5.60. The summed E-state index contributed by atoms with van der Waals surface area (Å²) in [7, 11) is -3.47. The van der Waals surface area contributed by atoms with Crippen LogP contribution in [0, 0.1) is 5.92 Å². The molecule has 0 aliphatic rings. The van der Waals surface area contributed by atoms with Crippen molar-refractivity contribution in [3.63, 3.8) is 0 Å². The maximum absolute atomic E-state index is 12.7. The number of nitrogens with zero attached hydrogens (tertiary/aromatic N) is 1. The van der Waals surface area contributed by atoms with Crippen molar-refractivity contribution in [2.24, 2.45) is 5.92 Å². The number of benzene rings is 1. The molecule has 0 spiro atoms. The molecule has 1 atom stereocenters. The molecule has 1 aromatic rings. The lowest BCUT2D eigenvalue weighted by Gasteiger charge is -2.21. The summed E-state index contributed by atoms with van der Waals surface area (Å²) in [6, 6.07) is 6.43. The molecule has 0 bridgehead atoms. The first-order chi connectivity index (χ1) is 11.4. The number of carbonyl (C=O) groups excluding carboxylic acids is 1. The van der Waals surface area contributed by atoms with Gasteiger partial charge in [-0.25, -0.2) is 8.42 Å². The van der Waals surface area contributed by atoms with E-state index in [1.165, 1.54) is 4.31 Å². The zero-order valence-electron chi connectivity index (χ0n) is 15.2. The number of carbonyl (C=O) groups is 1. The molecule has 0 heterocycles. The van der Waals surface area contributed by atoms with Gasteiger partial charge in [-0.15, -0.1) is 0 Å². The number of amides is 1. The molecule has 24 heavy (non-hydrogen) atoms. The van der Waals surface area contributed by atoms with Gasteiger partial charge in [-0.2, -0.15) is 4.31 Å². The minimum atomic E-state index is -3.47. The summed E-state index contributed by atoms with van der Waals surface area (Å²) in [6.07, 6.45) is 3.35. The fourth-order valence-electron chi connectivity index (χ4n) is 2.54. The number of rotatable bonds is 10. The van der Waals surface area contributed by atoms with Gasteiger partial charge in [0.1, 0.15) is 0 Å². The highest BCUT2D eigenvalue weighted by Gasteiger charge is 2.23. The van der Waals surface area contributed by atoms with E-state index < -0.39 is 10.0 Å². The molecule has 1 N–H and O–H groups in total. The van der Waals surface area contributed by atoms with Gasteiger partial charge < -0.3 is 5.32 Å². The molecule has 0 aliphatic heterocycles. The Kier molecular flexibility index (Phi) is 8.42. The molecule has 1 amide bonds. The molecule has 0 aromatic heterocycles. The zero-order valence-corrected chi connectivity index (χ0v) is 16.0. The van der Waals surface area contributed by atoms with E-state index in [4.69, 9.17) is 0 Å². The number of anilines is 1. The summed E-state index contributed by atoms with van der Waals surface area (Å²) in [5.41, 5.74) is 0.624. The third-order valence-electron chi connectivity index (χ3n) is 3.87. The van der Waals surface area contributed by atoms with Crippen LogP contribution in [0.3, 0.4) is 0 Å². The van der Waals surface area contributed by atoms with Gasteiger partial charge in [-0.3, -0.25) is 4.79 Å². The van der Waals surface area contributed by atoms with Gasteiger partial charge in [-0.1, -0.05) is 34.1 Å². The maximum Gasteiger partial charge on any atom is 0.243 e. The minimum Gasteiger partial charge on any atom is -0.326 e. The van der Waals surface area contributed by atoms with Crippen LogP contribution in [0.4, 0.5) is 5.69 Å². The molecule has 1 unspecified atom stereocenters. The fourth-order valence-corrected chi connectivity index (χ4v) is 4.16. The molecule has 1 aromatic carbocycles. The van der Waals surface area contributed by atoms with Gasteiger partial charge in [0.15, 0.2) is 0 Å². The van der Waals surface area contributed by atoms with E-state index in [0.29, 0.717) is 18.8 Å². The van der Waals surface area contributed by atoms with Crippen LogP contribution in [0.1, 0.15) is 53.4 Å². The summed E-state index contributed by atoms with van der Waals surface area (Å²) in [5.74, 6) is -0.0888. The monoisotopic (exact) mass is 354 g/mol. The average molecular weight is 355 g/mol. The molecule has 1 rings (SSSR count). The molecule has 0 saturated carbocycles. The van der Waals surface area contributed by atoms with Crippen LogP contribution >= 0.6 is 0 Å². The topological polar surface area (TPSA) is 66.5 Å². The van der Waals surface area contributed by atoms with E-state index in [1.54, 1.807) is 24.3 Å². The first-order valence-corrected chi connectivity index (χ1v) is 10.2. The molecule has 0 fully saturated rings. The second-order valence-corrected chi connectivity index (χ2v) is 8.05. The third-order valence-corrected chi connectivity index (χ3v) is 5.79. The van der Waals surface area contributed by atoms with E-state index in [-0.39, 0.29) is 16.7 Å². The van der Waals surface area contributed by atoms with Gasteiger partial charge in [0.25, 0.3) is 0 Å². The van der Waals surface area contributed by atoms with Gasteiger partial charge >= 0.3 is 0 Å². The zero-order chi connectivity index (χ0) is 18.2. The molecule has 5 nitrogen and oxygen atoms in total. The Bertz CT molecular complexity index is 606. The average Bonchev–Trinajstić information content (AvgIpc) is 2.55. The first-order valence-electron chi connectivity index (χ1n) is 8.77. The van der Waals surface area contributed by atoms with Crippen molar-refractivity contribution in [2.45, 2.75) is 58.3 Å². The predicted molar refractivity (Wildman–Crippen MR) is 98.5 cm³/mol. The molecule has 136 valence electrons. The van der Waals surface area contributed by atoms with Crippen LogP contribution in [0.5, 0.6) is 0 Å². The van der Waals surface area contributed by atoms with E-state index >= 15 is 0 Å². The van der Waals surface area contributed by atoms with Crippen molar-refractivity contribution in [3.8, 4) is 0 Å². The van der Waals surface area contributed by atoms with Crippen LogP contribution < -0.4 is 5.32 Å². The van der Waals surface area contributed by atoms with E-state index in [0.717, 1.165) is 25.7 Å². The second kappa shape index (κ2) is 9.79. The summed E-state index contributed by atoms with van der Waals surface area (Å²) >= 11 is 0. The maximum atomic E-state index is 12.7. The van der Waals surface area contributed by atoms with Crippen molar-refractivity contribution in [1.29, 1.82) is 0 Å². The van der Waals surface area contributed by atoms with Crippen molar-refractivity contribution in [2.75, 3.05) is 18.4 Å². The molecule has 0 aliphatic carbocycles. The summed E-state index contributed by atoms with van der Waals surface area (Å²) in [4.78, 5) is 12.3. The highest BCUT2D eigenvalue weighted by Crippen LogP contribution is 2.20. The van der Waals surface area contributed by atoms with Gasteiger partial charge in [0, 0.05) is 24.7 Å². The summed E-state index contributed by atoms with van der Waals surface area (Å²) in [6.45, 7) is 8.90. The van der Waals surface area contributed by atoms with Gasteiger partial charge in [0.05, 0.1) is 4.90 Å². The molecule has 0 radical (unpaired) electrons. The molecule has 0 saturated heterocycles. The largest absolute Gasteiger partial charge is 0.326 e. The van der Waals surface area contributed by atoms with Crippen LogP contribution in [-0.2, 0) is 14.8 Å². The van der Waals surface area contributed by atoms with Crippen molar-refractivity contribution >= 4 is 21.6 Å². The lowest BCUT2D eigenvalue weighted by atomic mass is 10.1. The molecule has 6 heteroatoms. The Labute approximate surface area is 146 Å². The van der Waals surface area contributed by atoms with E-state index in [1.807, 2.05) is 27.7 Å². The highest BCUT2D eigenvalue weighted by atomic mass is 32.2. The molecular weight excluding hydrogens is 324 g/mol. The number of nitrogens with one attached hydrogen (secondary N) is 1. The summed E-state index contributed by atoms with van der Waals surface area (Å²) in [5, 5.41) is 2.84. The number of hydrogen-bond donors (Lipinski definition) is 1. The Morgan fingerprint density at radius 1 is 1.04 bits per heavy atom. The van der Waals surface area contributed by atoms with Crippen LogP contribution in [0.2, 0.25) is 0 Å². The Balaban J connectivity index is 2.87. The Hall–Kier alpha value is -1.40. The van der Waals surface area contributed by atoms with E-state index in [2.05, 4.69) is 5.32 Å². The molecular formula is C18H30N2O3S. The minimum absolute atomic E-state index is 0.0361. The van der Waals surface area contributed by atoms with Crippen LogP contribution in [0.25, 0.3) is 0 Å². The lowest BCUT2D eigenvalue weighted by molar-refractivity contribution is -0.119. The van der Waals surface area contributed by atoms with Crippen molar-refractivity contribution < 1.29 is 13.2 Å². The van der Waals surface area contributed by atoms with Crippen molar-refractivity contribution in [3.05, 3.63) is 24.3 Å². The second-order valence-electron chi connectivity index (χ2n) is 6.11. The Morgan fingerprint density at radius 2 is 1.58 bits per heavy atom. The SMILES string of the molecule is CCCC(C)C(=O)Nc1ccc(S(=O)(=O)N(CCC)CCC)cc1. The number of sulfonamides is 1. The normalized spacial score (nSPS) is 13.0. The lowest BCUT2D eigenvalue weighted by Crippen LogP contribution is -2.32. The van der Waals surface area contributed by atoms with Crippen LogP contribution in [0.15, 0.2) is 29.2 Å². The quantitative estimate of drug-likeness (QED) is 0.693. The van der Waals surface area contributed by atoms with Crippen LogP contribution in [-0.4, -0.2) is 31.7 Å².